The van der Waals surface area contributed by atoms with Crippen molar-refractivity contribution in [3.05, 3.63) is 70.8 Å². The standard InChI is InChI=1S/C21H26N2O/c1-17-8-10-20(11-9-17)21(24)22-15-18-6-5-7-19(14-18)16-23-12-3-2-4-13-23/h5-11,14H,2-4,12-13,15-16H2,1H3,(H,22,24). The second-order valence-corrected chi connectivity index (χ2v) is 6.71. The summed E-state index contributed by atoms with van der Waals surface area (Å²) in [6, 6.07) is 16.2. The Labute approximate surface area is 144 Å². The third kappa shape index (κ3) is 4.68. The van der Waals surface area contributed by atoms with E-state index >= 15 is 0 Å². The van der Waals surface area contributed by atoms with Crippen LogP contribution in [-0.4, -0.2) is 23.9 Å². The van der Waals surface area contributed by atoms with Crippen LogP contribution in [0.3, 0.4) is 0 Å². The number of hydrogen-bond donors (Lipinski definition) is 1. The van der Waals surface area contributed by atoms with Gasteiger partial charge in [-0.2, -0.15) is 0 Å². The molecule has 3 rings (SSSR count). The Morgan fingerprint density at radius 1 is 1.00 bits per heavy atom. The smallest absolute Gasteiger partial charge is 0.251 e. The number of hydrogen-bond acceptors (Lipinski definition) is 2. The topological polar surface area (TPSA) is 32.3 Å². The summed E-state index contributed by atoms with van der Waals surface area (Å²) in [6.45, 7) is 6.01. The number of carbonyl (C=O) groups is 1. The molecule has 0 saturated carbocycles. The van der Waals surface area contributed by atoms with Crippen LogP contribution in [0.1, 0.15) is 46.3 Å². The van der Waals surface area contributed by atoms with E-state index in [-0.39, 0.29) is 5.91 Å². The van der Waals surface area contributed by atoms with Gasteiger partial charge in [0.1, 0.15) is 0 Å². The van der Waals surface area contributed by atoms with Gasteiger partial charge in [0, 0.05) is 18.7 Å². The highest BCUT2D eigenvalue weighted by molar-refractivity contribution is 5.94. The lowest BCUT2D eigenvalue weighted by molar-refractivity contribution is 0.0951. The molecule has 0 unspecified atom stereocenters. The molecule has 0 spiro atoms. The first-order valence-corrected chi connectivity index (χ1v) is 8.86. The SMILES string of the molecule is Cc1ccc(C(=O)NCc2cccc(CN3CCCCC3)c2)cc1. The molecule has 0 radical (unpaired) electrons. The molecular weight excluding hydrogens is 296 g/mol. The van der Waals surface area contributed by atoms with Gasteiger partial charge in [-0.3, -0.25) is 9.69 Å². The summed E-state index contributed by atoms with van der Waals surface area (Å²) in [6.07, 6.45) is 3.99. The van der Waals surface area contributed by atoms with Crippen LogP contribution in [-0.2, 0) is 13.1 Å². The van der Waals surface area contributed by atoms with Crippen molar-refractivity contribution in [1.82, 2.24) is 10.2 Å². The van der Waals surface area contributed by atoms with Gasteiger partial charge in [0.15, 0.2) is 0 Å². The van der Waals surface area contributed by atoms with Crippen molar-refractivity contribution in [1.29, 1.82) is 0 Å². The Morgan fingerprint density at radius 2 is 1.71 bits per heavy atom. The Hall–Kier alpha value is -2.13. The minimum atomic E-state index is -0.0172. The Kier molecular flexibility index (Phi) is 5.65. The molecule has 24 heavy (non-hydrogen) atoms. The van der Waals surface area contributed by atoms with Crippen LogP contribution in [0.25, 0.3) is 0 Å². The van der Waals surface area contributed by atoms with E-state index in [4.69, 9.17) is 0 Å². The van der Waals surface area contributed by atoms with Crippen molar-refractivity contribution in [3.63, 3.8) is 0 Å². The average molecular weight is 322 g/mol. The fraction of sp³-hybridized carbons (Fsp3) is 0.381. The van der Waals surface area contributed by atoms with E-state index < -0.39 is 0 Å². The van der Waals surface area contributed by atoms with Crippen molar-refractivity contribution < 1.29 is 4.79 Å². The molecule has 1 saturated heterocycles. The zero-order chi connectivity index (χ0) is 16.8. The maximum absolute atomic E-state index is 12.2. The maximum Gasteiger partial charge on any atom is 0.251 e. The summed E-state index contributed by atoms with van der Waals surface area (Å²) < 4.78 is 0. The molecule has 1 aliphatic heterocycles. The Bertz CT molecular complexity index is 672. The molecule has 0 aromatic heterocycles. The molecule has 2 aromatic carbocycles. The molecule has 1 heterocycles. The van der Waals surface area contributed by atoms with Crippen LogP contribution in [0.4, 0.5) is 0 Å². The van der Waals surface area contributed by atoms with Crippen LogP contribution in [0, 0.1) is 6.92 Å². The summed E-state index contributed by atoms with van der Waals surface area (Å²) in [5.74, 6) is -0.0172. The van der Waals surface area contributed by atoms with Gasteiger partial charge in [-0.05, 0) is 56.1 Å². The van der Waals surface area contributed by atoms with Gasteiger partial charge in [0.25, 0.3) is 5.91 Å². The van der Waals surface area contributed by atoms with Gasteiger partial charge >= 0.3 is 0 Å². The molecule has 0 bridgehead atoms. The number of nitrogens with zero attached hydrogens (tertiary/aromatic N) is 1. The predicted molar refractivity (Wildman–Crippen MR) is 97.9 cm³/mol. The highest BCUT2D eigenvalue weighted by Gasteiger charge is 2.11. The van der Waals surface area contributed by atoms with E-state index in [0.29, 0.717) is 12.1 Å². The summed E-state index contributed by atoms with van der Waals surface area (Å²) in [4.78, 5) is 14.7. The normalized spacial score (nSPS) is 15.2. The molecule has 0 atom stereocenters. The van der Waals surface area contributed by atoms with Crippen molar-refractivity contribution in [2.75, 3.05) is 13.1 Å². The van der Waals surface area contributed by atoms with Gasteiger partial charge in [0.05, 0.1) is 0 Å². The molecule has 1 N–H and O–H groups in total. The fourth-order valence-corrected chi connectivity index (χ4v) is 3.20. The van der Waals surface area contributed by atoms with E-state index in [1.807, 2.05) is 31.2 Å². The first kappa shape index (κ1) is 16.7. The molecule has 1 amide bonds. The minimum Gasteiger partial charge on any atom is -0.348 e. The lowest BCUT2D eigenvalue weighted by Gasteiger charge is -2.26. The highest BCUT2D eigenvalue weighted by atomic mass is 16.1. The quantitative estimate of drug-likeness (QED) is 0.905. The number of carbonyl (C=O) groups excluding carboxylic acids is 1. The number of likely N-dealkylation sites (tertiary alicyclic amines) is 1. The van der Waals surface area contributed by atoms with E-state index in [0.717, 1.165) is 17.7 Å². The van der Waals surface area contributed by atoms with E-state index in [1.165, 1.54) is 37.9 Å². The molecule has 1 aliphatic rings. The Balaban J connectivity index is 1.56. The van der Waals surface area contributed by atoms with Gasteiger partial charge in [-0.25, -0.2) is 0 Å². The summed E-state index contributed by atoms with van der Waals surface area (Å²) in [5.41, 5.74) is 4.37. The zero-order valence-corrected chi connectivity index (χ0v) is 14.4. The maximum atomic E-state index is 12.2. The fourth-order valence-electron chi connectivity index (χ4n) is 3.20. The van der Waals surface area contributed by atoms with Crippen LogP contribution < -0.4 is 5.32 Å². The average Bonchev–Trinajstić information content (AvgIpc) is 2.61. The molecule has 3 nitrogen and oxygen atoms in total. The molecule has 3 heteroatoms. The predicted octanol–water partition coefficient (Wildman–Crippen LogP) is 3.91. The van der Waals surface area contributed by atoms with Gasteiger partial charge < -0.3 is 5.32 Å². The van der Waals surface area contributed by atoms with Crippen LogP contribution in [0.5, 0.6) is 0 Å². The van der Waals surface area contributed by atoms with Crippen LogP contribution >= 0.6 is 0 Å². The summed E-state index contributed by atoms with van der Waals surface area (Å²) >= 11 is 0. The molecule has 1 fully saturated rings. The zero-order valence-electron chi connectivity index (χ0n) is 14.4. The third-order valence-corrected chi connectivity index (χ3v) is 4.61. The third-order valence-electron chi connectivity index (χ3n) is 4.61. The molecule has 0 aliphatic carbocycles. The molecule has 126 valence electrons. The van der Waals surface area contributed by atoms with Crippen LogP contribution in [0.2, 0.25) is 0 Å². The number of nitrogens with one attached hydrogen (secondary N) is 1. The van der Waals surface area contributed by atoms with Crippen molar-refractivity contribution >= 4 is 5.91 Å². The number of amides is 1. The van der Waals surface area contributed by atoms with Gasteiger partial charge in [-0.15, -0.1) is 0 Å². The lowest BCUT2D eigenvalue weighted by atomic mass is 10.1. The second kappa shape index (κ2) is 8.11. The molecule has 2 aromatic rings. The number of rotatable bonds is 5. The monoisotopic (exact) mass is 322 g/mol. The van der Waals surface area contributed by atoms with E-state index in [1.54, 1.807) is 0 Å². The summed E-state index contributed by atoms with van der Waals surface area (Å²) in [5, 5.41) is 3.01. The van der Waals surface area contributed by atoms with Crippen LogP contribution in [0.15, 0.2) is 48.5 Å². The highest BCUT2D eigenvalue weighted by Crippen LogP contribution is 2.14. The minimum absolute atomic E-state index is 0.0172. The number of benzene rings is 2. The van der Waals surface area contributed by atoms with Gasteiger partial charge in [0.2, 0.25) is 0 Å². The van der Waals surface area contributed by atoms with E-state index in [2.05, 4.69) is 34.5 Å². The number of piperidine rings is 1. The first-order chi connectivity index (χ1) is 11.7. The second-order valence-electron chi connectivity index (χ2n) is 6.71. The number of aryl methyl sites for hydroxylation is 1. The van der Waals surface area contributed by atoms with Crippen molar-refractivity contribution in [3.8, 4) is 0 Å². The Morgan fingerprint density at radius 3 is 2.46 bits per heavy atom. The largest absolute Gasteiger partial charge is 0.348 e. The van der Waals surface area contributed by atoms with E-state index in [9.17, 15) is 4.79 Å². The first-order valence-electron chi connectivity index (χ1n) is 8.86. The van der Waals surface area contributed by atoms with Crippen molar-refractivity contribution in [2.45, 2.75) is 39.3 Å². The summed E-state index contributed by atoms with van der Waals surface area (Å²) in [7, 11) is 0. The molecular formula is C21H26N2O. The lowest BCUT2D eigenvalue weighted by Crippen LogP contribution is -2.29. The van der Waals surface area contributed by atoms with Crippen molar-refractivity contribution in [2.24, 2.45) is 0 Å². The van der Waals surface area contributed by atoms with Gasteiger partial charge in [-0.1, -0.05) is 48.4 Å².